The third kappa shape index (κ3) is 4.50. The first kappa shape index (κ1) is 22.0. The van der Waals surface area contributed by atoms with E-state index < -0.39 is 18.0 Å². The van der Waals surface area contributed by atoms with Crippen molar-refractivity contribution in [2.24, 2.45) is 7.05 Å². The van der Waals surface area contributed by atoms with Gasteiger partial charge in [-0.2, -0.15) is 23.3 Å². The molecule has 1 aliphatic heterocycles. The first-order chi connectivity index (χ1) is 15.2. The number of hydrogen-bond donors (Lipinski definition) is 1. The van der Waals surface area contributed by atoms with Gasteiger partial charge in [0, 0.05) is 26.3 Å². The van der Waals surface area contributed by atoms with Crippen LogP contribution in [0.5, 0.6) is 0 Å². The molecule has 0 spiro atoms. The van der Waals surface area contributed by atoms with Gasteiger partial charge < -0.3 is 19.5 Å². The van der Waals surface area contributed by atoms with Gasteiger partial charge >= 0.3 is 12.1 Å². The van der Waals surface area contributed by atoms with E-state index in [1.807, 2.05) is 0 Å². The Morgan fingerprint density at radius 1 is 1.31 bits per heavy atom. The summed E-state index contributed by atoms with van der Waals surface area (Å²) in [5, 5.41) is 10.1. The SMILES string of the molecule is Cn1nccc1C(=O)N1CCOCC1CNC(=O)c1ccc(-c2noc(C(F)(F)F)n2)s1. The summed E-state index contributed by atoms with van der Waals surface area (Å²) in [6, 6.07) is 4.12. The third-order valence-corrected chi connectivity index (χ3v) is 5.83. The van der Waals surface area contributed by atoms with Gasteiger partial charge in [0.2, 0.25) is 5.82 Å². The summed E-state index contributed by atoms with van der Waals surface area (Å²) >= 11 is 0.924. The molecular formula is C18H17F3N6O4S. The van der Waals surface area contributed by atoms with Crippen LogP contribution in [-0.2, 0) is 18.0 Å². The van der Waals surface area contributed by atoms with Crippen LogP contribution in [0.1, 0.15) is 26.1 Å². The molecule has 1 N–H and O–H groups in total. The number of carbonyl (C=O) groups is 2. The lowest BCUT2D eigenvalue weighted by molar-refractivity contribution is -0.159. The Bertz CT molecular complexity index is 1120. The second-order valence-electron chi connectivity index (χ2n) is 6.86. The minimum atomic E-state index is -4.75. The summed E-state index contributed by atoms with van der Waals surface area (Å²) in [5.74, 6) is -2.37. The molecule has 4 rings (SSSR count). The van der Waals surface area contributed by atoms with E-state index in [1.165, 1.54) is 23.0 Å². The maximum atomic E-state index is 12.8. The van der Waals surface area contributed by atoms with Crippen LogP contribution in [0.4, 0.5) is 13.2 Å². The van der Waals surface area contributed by atoms with Crippen molar-refractivity contribution in [3.63, 3.8) is 0 Å². The summed E-state index contributed by atoms with van der Waals surface area (Å²) in [6.07, 6.45) is -3.22. The molecule has 0 saturated carbocycles. The third-order valence-electron chi connectivity index (χ3n) is 4.75. The van der Waals surface area contributed by atoms with Gasteiger partial charge in [0.05, 0.1) is 29.0 Å². The van der Waals surface area contributed by atoms with Crippen molar-refractivity contribution in [1.29, 1.82) is 0 Å². The average Bonchev–Trinajstić information content (AvgIpc) is 3.51. The largest absolute Gasteiger partial charge is 0.471 e. The Morgan fingerprint density at radius 2 is 2.12 bits per heavy atom. The van der Waals surface area contributed by atoms with Crippen molar-refractivity contribution in [2.75, 3.05) is 26.3 Å². The predicted octanol–water partition coefficient (Wildman–Crippen LogP) is 1.82. The van der Waals surface area contributed by atoms with Crippen LogP contribution in [0, 0.1) is 0 Å². The highest BCUT2D eigenvalue weighted by Crippen LogP contribution is 2.31. The van der Waals surface area contributed by atoms with Crippen molar-refractivity contribution in [3.05, 3.63) is 40.9 Å². The maximum absolute atomic E-state index is 12.8. The number of aryl methyl sites for hydroxylation is 1. The predicted molar refractivity (Wildman–Crippen MR) is 104 cm³/mol. The number of ether oxygens (including phenoxy) is 1. The number of carbonyl (C=O) groups excluding carboxylic acids is 2. The molecule has 1 aliphatic rings. The van der Waals surface area contributed by atoms with Crippen LogP contribution >= 0.6 is 11.3 Å². The molecule has 0 bridgehead atoms. The molecular weight excluding hydrogens is 453 g/mol. The Labute approximate surface area is 182 Å². The molecule has 3 aromatic heterocycles. The molecule has 32 heavy (non-hydrogen) atoms. The summed E-state index contributed by atoms with van der Waals surface area (Å²) in [7, 11) is 1.67. The fourth-order valence-corrected chi connectivity index (χ4v) is 3.99. The van der Waals surface area contributed by atoms with Crippen molar-refractivity contribution in [3.8, 4) is 10.7 Å². The highest BCUT2D eigenvalue weighted by atomic mass is 32.1. The zero-order valence-corrected chi connectivity index (χ0v) is 17.4. The molecule has 0 aromatic carbocycles. The molecule has 1 unspecified atom stereocenters. The monoisotopic (exact) mass is 470 g/mol. The second kappa shape index (κ2) is 8.70. The van der Waals surface area contributed by atoms with Crippen LogP contribution in [0.25, 0.3) is 10.7 Å². The molecule has 0 aliphatic carbocycles. The lowest BCUT2D eigenvalue weighted by Crippen LogP contribution is -2.53. The van der Waals surface area contributed by atoms with Crippen LogP contribution in [0.3, 0.4) is 0 Å². The molecule has 10 nitrogen and oxygen atoms in total. The zero-order chi connectivity index (χ0) is 22.9. The van der Waals surface area contributed by atoms with Gasteiger partial charge in [-0.3, -0.25) is 14.3 Å². The van der Waals surface area contributed by atoms with Crippen molar-refractivity contribution >= 4 is 23.2 Å². The summed E-state index contributed by atoms with van der Waals surface area (Å²) < 4.78 is 49.0. The van der Waals surface area contributed by atoms with Gasteiger partial charge in [-0.1, -0.05) is 5.16 Å². The number of morpholine rings is 1. The quantitative estimate of drug-likeness (QED) is 0.605. The summed E-state index contributed by atoms with van der Waals surface area (Å²) in [4.78, 5) is 30.8. The molecule has 2 amide bonds. The van der Waals surface area contributed by atoms with E-state index >= 15 is 0 Å². The topological polar surface area (TPSA) is 115 Å². The number of hydrogen-bond acceptors (Lipinski definition) is 8. The van der Waals surface area contributed by atoms with Gasteiger partial charge in [0.1, 0.15) is 5.69 Å². The maximum Gasteiger partial charge on any atom is 0.471 e. The molecule has 1 fully saturated rings. The van der Waals surface area contributed by atoms with Gasteiger partial charge in [-0.25, -0.2) is 0 Å². The molecule has 14 heteroatoms. The van der Waals surface area contributed by atoms with E-state index in [1.54, 1.807) is 18.0 Å². The Hall–Kier alpha value is -3.26. The first-order valence-electron chi connectivity index (χ1n) is 9.40. The number of halogens is 3. The van der Waals surface area contributed by atoms with Crippen molar-refractivity contribution in [1.82, 2.24) is 30.1 Å². The number of rotatable bonds is 5. The van der Waals surface area contributed by atoms with E-state index in [2.05, 4.69) is 25.1 Å². The van der Waals surface area contributed by atoms with Gasteiger partial charge in [0.15, 0.2) is 0 Å². The second-order valence-corrected chi connectivity index (χ2v) is 7.95. The smallest absolute Gasteiger partial charge is 0.377 e. The minimum Gasteiger partial charge on any atom is -0.377 e. The van der Waals surface area contributed by atoms with Crippen LogP contribution in [0.15, 0.2) is 28.9 Å². The fraction of sp³-hybridized carbons (Fsp3) is 0.389. The molecule has 1 atom stereocenters. The summed E-state index contributed by atoms with van der Waals surface area (Å²) in [6.45, 7) is 1.14. The van der Waals surface area contributed by atoms with Crippen LogP contribution < -0.4 is 5.32 Å². The minimum absolute atomic E-state index is 0.135. The molecule has 0 radical (unpaired) electrons. The van der Waals surface area contributed by atoms with Crippen molar-refractivity contribution < 1.29 is 32.0 Å². The number of alkyl halides is 3. The number of thiophene rings is 1. The van der Waals surface area contributed by atoms with Crippen LogP contribution in [0.2, 0.25) is 0 Å². The highest BCUT2D eigenvalue weighted by molar-refractivity contribution is 7.17. The number of aromatic nitrogens is 4. The van der Waals surface area contributed by atoms with E-state index in [-0.39, 0.29) is 40.7 Å². The molecule has 3 aromatic rings. The Kier molecular flexibility index (Phi) is 5.97. The van der Waals surface area contributed by atoms with E-state index in [4.69, 9.17) is 4.74 Å². The van der Waals surface area contributed by atoms with Crippen LogP contribution in [-0.4, -0.2) is 69.0 Å². The molecule has 1 saturated heterocycles. The number of nitrogens with one attached hydrogen (secondary N) is 1. The Morgan fingerprint density at radius 3 is 2.81 bits per heavy atom. The van der Waals surface area contributed by atoms with Gasteiger partial charge in [-0.15, -0.1) is 11.3 Å². The lowest BCUT2D eigenvalue weighted by atomic mass is 10.2. The van der Waals surface area contributed by atoms with E-state index in [9.17, 15) is 22.8 Å². The molecule has 4 heterocycles. The van der Waals surface area contributed by atoms with Gasteiger partial charge in [0.25, 0.3) is 11.8 Å². The van der Waals surface area contributed by atoms with E-state index in [0.717, 1.165) is 11.3 Å². The fourth-order valence-electron chi connectivity index (χ4n) is 3.14. The average molecular weight is 470 g/mol. The Balaban J connectivity index is 1.40. The standard InChI is InChI=1S/C18H17F3N6O4S/c1-26-11(4-5-23-26)16(29)27-6-7-30-9-10(27)8-22-15(28)13-3-2-12(32-13)14-24-17(31-25-14)18(19,20)21/h2-5,10H,6-9H2,1H3,(H,22,28). The zero-order valence-electron chi connectivity index (χ0n) is 16.6. The lowest BCUT2D eigenvalue weighted by Gasteiger charge is -2.35. The van der Waals surface area contributed by atoms with E-state index in [0.29, 0.717) is 18.8 Å². The summed E-state index contributed by atoms with van der Waals surface area (Å²) in [5.41, 5.74) is 0.421. The normalized spacial score (nSPS) is 16.9. The van der Waals surface area contributed by atoms with Crippen molar-refractivity contribution in [2.45, 2.75) is 12.2 Å². The number of amides is 2. The number of nitrogens with zero attached hydrogens (tertiary/aromatic N) is 5. The molecule has 170 valence electrons. The first-order valence-corrected chi connectivity index (χ1v) is 10.2. The highest BCUT2D eigenvalue weighted by Gasteiger charge is 2.38. The van der Waals surface area contributed by atoms with Gasteiger partial charge in [-0.05, 0) is 18.2 Å².